The molecule has 2 atom stereocenters. The number of amides is 2. The Morgan fingerprint density at radius 3 is 2.72 bits per heavy atom. The maximum absolute atomic E-state index is 13.1. The molecule has 29 heavy (non-hydrogen) atoms. The quantitative estimate of drug-likeness (QED) is 0.249. The number of likely N-dealkylation sites (tertiary alicyclic amines) is 1. The molecule has 2 amide bonds. The van der Waals surface area contributed by atoms with Gasteiger partial charge in [0.2, 0.25) is 17.6 Å². The molecule has 3 rings (SSSR count). The van der Waals surface area contributed by atoms with Crippen molar-refractivity contribution >= 4 is 45.1 Å². The van der Waals surface area contributed by atoms with E-state index in [4.69, 9.17) is 11.5 Å². The summed E-state index contributed by atoms with van der Waals surface area (Å²) in [6, 6.07) is 6.19. The largest absolute Gasteiger partial charge is 0.370 e. The van der Waals surface area contributed by atoms with Crippen molar-refractivity contribution in [3.63, 3.8) is 0 Å². The van der Waals surface area contributed by atoms with Crippen LogP contribution in [-0.4, -0.2) is 58.6 Å². The molecule has 0 bridgehead atoms. The van der Waals surface area contributed by atoms with E-state index in [0.29, 0.717) is 37.4 Å². The molecule has 2 heterocycles. The summed E-state index contributed by atoms with van der Waals surface area (Å²) in [7, 11) is 0. The molecule has 1 aromatic carbocycles. The summed E-state index contributed by atoms with van der Waals surface area (Å²) in [5.74, 6) is -0.751. The summed E-state index contributed by atoms with van der Waals surface area (Å²) in [5, 5.41) is 3.15. The number of rotatable bonds is 8. The average molecular weight is 417 g/mol. The van der Waals surface area contributed by atoms with Gasteiger partial charge in [-0.3, -0.25) is 19.4 Å². The first-order valence-electron chi connectivity index (χ1n) is 9.39. The summed E-state index contributed by atoms with van der Waals surface area (Å²) in [5.41, 5.74) is 11.4. The predicted octanol–water partition coefficient (Wildman–Crippen LogP) is 0.638. The average Bonchev–Trinajstić information content (AvgIpc) is 3.06. The van der Waals surface area contributed by atoms with E-state index in [9.17, 15) is 14.4 Å². The number of carbonyl (C=O) groups excluding carboxylic acids is 3. The minimum Gasteiger partial charge on any atom is -0.370 e. The molecule has 9 nitrogen and oxygen atoms in total. The number of hydrogen-bond donors (Lipinski definition) is 3. The third-order valence-electron chi connectivity index (χ3n) is 4.81. The zero-order chi connectivity index (χ0) is 21.0. The van der Waals surface area contributed by atoms with Crippen LogP contribution in [0.2, 0.25) is 0 Å². The summed E-state index contributed by atoms with van der Waals surface area (Å²) in [6.45, 7) is 2.33. The van der Waals surface area contributed by atoms with Crippen molar-refractivity contribution in [3.8, 4) is 0 Å². The van der Waals surface area contributed by atoms with Crippen LogP contribution >= 0.6 is 11.3 Å². The van der Waals surface area contributed by atoms with Gasteiger partial charge in [0.15, 0.2) is 11.0 Å². The Morgan fingerprint density at radius 2 is 2.10 bits per heavy atom. The van der Waals surface area contributed by atoms with Crippen LogP contribution in [0.25, 0.3) is 10.2 Å². The fourth-order valence-electron chi connectivity index (χ4n) is 3.20. The SMILES string of the molecule is CC(=O)N1CC[C@H]1C(=O)NC(CCCN=C(N)N)C(=O)c1nc2ccccc2s1. The smallest absolute Gasteiger partial charge is 0.243 e. The van der Waals surface area contributed by atoms with Crippen LogP contribution in [0.15, 0.2) is 29.3 Å². The second kappa shape index (κ2) is 8.99. The van der Waals surface area contributed by atoms with Crippen molar-refractivity contribution in [1.29, 1.82) is 0 Å². The lowest BCUT2D eigenvalue weighted by Crippen LogP contribution is -2.59. The molecule has 1 aliphatic rings. The molecule has 1 unspecified atom stereocenters. The molecule has 5 N–H and O–H groups in total. The molecule has 10 heteroatoms. The number of nitrogens with two attached hydrogens (primary N) is 2. The minimum absolute atomic E-state index is 0.0188. The van der Waals surface area contributed by atoms with Crippen LogP contribution in [0.3, 0.4) is 0 Å². The van der Waals surface area contributed by atoms with Gasteiger partial charge in [0, 0.05) is 20.0 Å². The molecular weight excluding hydrogens is 392 g/mol. The van der Waals surface area contributed by atoms with Gasteiger partial charge in [0.05, 0.1) is 16.3 Å². The fraction of sp³-hybridized carbons (Fsp3) is 0.421. The highest BCUT2D eigenvalue weighted by molar-refractivity contribution is 7.20. The first-order chi connectivity index (χ1) is 13.9. The molecule has 0 aliphatic carbocycles. The lowest BCUT2D eigenvalue weighted by atomic mass is 10.00. The van der Waals surface area contributed by atoms with Crippen LogP contribution < -0.4 is 16.8 Å². The summed E-state index contributed by atoms with van der Waals surface area (Å²) in [4.78, 5) is 47.2. The predicted molar refractivity (Wildman–Crippen MR) is 112 cm³/mol. The standard InChI is InChI=1S/C19H24N6O3S/c1-11(26)25-10-8-14(25)17(28)23-13(6-4-9-22-19(20)21)16(27)18-24-12-5-2-3-7-15(12)29-18/h2-3,5,7,13-14H,4,6,8-10H2,1H3,(H,23,28)(H4,20,21,22)/t13?,14-/m0/s1. The van der Waals surface area contributed by atoms with Crippen LogP contribution in [0.1, 0.15) is 36.0 Å². The number of guanidine groups is 1. The van der Waals surface area contributed by atoms with Crippen LogP contribution in [0.5, 0.6) is 0 Å². The van der Waals surface area contributed by atoms with E-state index in [0.717, 1.165) is 10.2 Å². The van der Waals surface area contributed by atoms with E-state index in [1.807, 2.05) is 24.3 Å². The van der Waals surface area contributed by atoms with Gasteiger partial charge in [-0.15, -0.1) is 11.3 Å². The van der Waals surface area contributed by atoms with Gasteiger partial charge < -0.3 is 21.7 Å². The summed E-state index contributed by atoms with van der Waals surface area (Å²) >= 11 is 1.29. The van der Waals surface area contributed by atoms with E-state index >= 15 is 0 Å². The van der Waals surface area contributed by atoms with Crippen molar-refractivity contribution in [2.45, 2.75) is 38.3 Å². The molecule has 0 radical (unpaired) electrons. The van der Waals surface area contributed by atoms with Gasteiger partial charge in [0.25, 0.3) is 0 Å². The number of aliphatic imine (C=N–C) groups is 1. The van der Waals surface area contributed by atoms with E-state index < -0.39 is 12.1 Å². The van der Waals surface area contributed by atoms with E-state index in [-0.39, 0.29) is 23.6 Å². The zero-order valence-corrected chi connectivity index (χ0v) is 16.9. The van der Waals surface area contributed by atoms with E-state index in [1.165, 1.54) is 23.2 Å². The molecule has 2 aromatic rings. The normalized spacial score (nSPS) is 16.7. The number of thiazole rings is 1. The van der Waals surface area contributed by atoms with Crippen LogP contribution in [-0.2, 0) is 9.59 Å². The number of nitrogens with zero attached hydrogens (tertiary/aromatic N) is 3. The topological polar surface area (TPSA) is 144 Å². The molecule has 1 saturated heterocycles. The van der Waals surface area contributed by atoms with Gasteiger partial charge in [-0.2, -0.15) is 0 Å². The van der Waals surface area contributed by atoms with E-state index in [1.54, 1.807) is 0 Å². The number of nitrogens with one attached hydrogen (secondary N) is 1. The van der Waals surface area contributed by atoms with Gasteiger partial charge >= 0.3 is 0 Å². The Morgan fingerprint density at radius 1 is 1.34 bits per heavy atom. The maximum atomic E-state index is 13.1. The lowest BCUT2D eigenvalue weighted by molar-refractivity contribution is -0.145. The van der Waals surface area contributed by atoms with Crippen molar-refractivity contribution in [2.75, 3.05) is 13.1 Å². The number of carbonyl (C=O) groups is 3. The van der Waals surface area contributed by atoms with Crippen LogP contribution in [0.4, 0.5) is 0 Å². The third-order valence-corrected chi connectivity index (χ3v) is 5.86. The van der Waals surface area contributed by atoms with Gasteiger partial charge in [-0.05, 0) is 31.4 Å². The van der Waals surface area contributed by atoms with Crippen molar-refractivity contribution < 1.29 is 14.4 Å². The van der Waals surface area contributed by atoms with E-state index in [2.05, 4.69) is 15.3 Å². The van der Waals surface area contributed by atoms with Crippen LogP contribution in [0, 0.1) is 0 Å². The number of ketones is 1. The first-order valence-corrected chi connectivity index (χ1v) is 10.2. The third kappa shape index (κ3) is 4.89. The number of hydrogen-bond acceptors (Lipinski definition) is 6. The second-order valence-corrected chi connectivity index (χ2v) is 7.91. The maximum Gasteiger partial charge on any atom is 0.243 e. The molecule has 0 spiro atoms. The second-order valence-electron chi connectivity index (χ2n) is 6.88. The highest BCUT2D eigenvalue weighted by atomic mass is 32.1. The Hall–Kier alpha value is -3.01. The molecular formula is C19H24N6O3S. The lowest BCUT2D eigenvalue weighted by Gasteiger charge is -2.39. The molecule has 1 aromatic heterocycles. The minimum atomic E-state index is -0.758. The van der Waals surface area contributed by atoms with Gasteiger partial charge in [-0.1, -0.05) is 12.1 Å². The zero-order valence-electron chi connectivity index (χ0n) is 16.1. The molecule has 1 aliphatic heterocycles. The van der Waals surface area contributed by atoms with Crippen molar-refractivity contribution in [2.24, 2.45) is 16.5 Å². The first kappa shape index (κ1) is 20.7. The summed E-state index contributed by atoms with van der Waals surface area (Å²) < 4.78 is 0.906. The summed E-state index contributed by atoms with van der Waals surface area (Å²) in [6.07, 6.45) is 1.46. The number of benzene rings is 1. The number of fused-ring (bicyclic) bond motifs is 1. The Labute approximate surface area is 172 Å². The molecule has 1 fully saturated rings. The number of Topliss-reactive ketones (excluding diaryl/α,β-unsaturated/α-hetero) is 1. The molecule has 0 saturated carbocycles. The highest BCUT2D eigenvalue weighted by Gasteiger charge is 2.37. The number of aromatic nitrogens is 1. The molecule has 154 valence electrons. The van der Waals surface area contributed by atoms with Gasteiger partial charge in [-0.25, -0.2) is 4.98 Å². The van der Waals surface area contributed by atoms with Crippen molar-refractivity contribution in [3.05, 3.63) is 29.3 Å². The Balaban J connectivity index is 1.74. The monoisotopic (exact) mass is 416 g/mol. The highest BCUT2D eigenvalue weighted by Crippen LogP contribution is 2.24. The van der Waals surface area contributed by atoms with Gasteiger partial charge in [0.1, 0.15) is 6.04 Å². The number of para-hydroxylation sites is 1. The Kier molecular flexibility index (Phi) is 6.42. The van der Waals surface area contributed by atoms with Crippen molar-refractivity contribution in [1.82, 2.24) is 15.2 Å². The Bertz CT molecular complexity index is 919. The fourth-order valence-corrected chi connectivity index (χ4v) is 4.16.